The Kier molecular flexibility index (Phi) is 2.99. The van der Waals surface area contributed by atoms with E-state index in [1.165, 1.54) is 6.42 Å². The highest BCUT2D eigenvalue weighted by atomic mass is 15.0. The van der Waals surface area contributed by atoms with Gasteiger partial charge in [0, 0.05) is 18.4 Å². The van der Waals surface area contributed by atoms with Crippen molar-refractivity contribution in [3.8, 4) is 0 Å². The van der Waals surface area contributed by atoms with E-state index < -0.39 is 0 Å². The second-order valence-electron chi connectivity index (χ2n) is 3.96. The van der Waals surface area contributed by atoms with Crippen molar-refractivity contribution in [3.63, 3.8) is 0 Å². The van der Waals surface area contributed by atoms with Crippen LogP contribution < -0.4 is 10.6 Å². The molecule has 1 aliphatic rings. The third-order valence-electron chi connectivity index (χ3n) is 2.80. The summed E-state index contributed by atoms with van der Waals surface area (Å²) < 4.78 is 0. The lowest BCUT2D eigenvalue weighted by molar-refractivity contribution is 0.368. The molecule has 2 atom stereocenters. The van der Waals surface area contributed by atoms with Gasteiger partial charge >= 0.3 is 0 Å². The van der Waals surface area contributed by atoms with Gasteiger partial charge in [-0.3, -0.25) is 4.98 Å². The number of nitrogens with one attached hydrogen (secondary N) is 2. The summed E-state index contributed by atoms with van der Waals surface area (Å²) in [5.74, 6) is 0.684. The van der Waals surface area contributed by atoms with Gasteiger partial charge in [0.1, 0.15) is 0 Å². The van der Waals surface area contributed by atoms with Crippen LogP contribution in [-0.4, -0.2) is 24.1 Å². The molecule has 1 saturated heterocycles. The van der Waals surface area contributed by atoms with Gasteiger partial charge < -0.3 is 10.6 Å². The van der Waals surface area contributed by atoms with Crippen molar-refractivity contribution < 1.29 is 0 Å². The monoisotopic (exact) mass is 191 g/mol. The van der Waals surface area contributed by atoms with Crippen LogP contribution in [0.25, 0.3) is 0 Å². The van der Waals surface area contributed by atoms with Crippen LogP contribution in [0, 0.1) is 5.92 Å². The molecule has 0 spiro atoms. The van der Waals surface area contributed by atoms with Crippen molar-refractivity contribution in [2.45, 2.75) is 19.4 Å². The maximum Gasteiger partial charge on any atom is 0.0528 e. The topological polar surface area (TPSA) is 37.0 Å². The van der Waals surface area contributed by atoms with Gasteiger partial charge in [0.05, 0.1) is 5.69 Å². The molecule has 1 fully saturated rings. The summed E-state index contributed by atoms with van der Waals surface area (Å²) in [4.78, 5) is 4.10. The molecule has 76 valence electrons. The van der Waals surface area contributed by atoms with E-state index in [9.17, 15) is 0 Å². The third-order valence-corrected chi connectivity index (χ3v) is 2.80. The van der Waals surface area contributed by atoms with Gasteiger partial charge in [0.15, 0.2) is 0 Å². The second kappa shape index (κ2) is 4.42. The van der Waals surface area contributed by atoms with E-state index in [0.717, 1.165) is 18.8 Å². The van der Waals surface area contributed by atoms with Crippen LogP contribution in [0.1, 0.15) is 13.3 Å². The van der Waals surface area contributed by atoms with E-state index in [0.29, 0.717) is 12.0 Å². The van der Waals surface area contributed by atoms with Crippen molar-refractivity contribution in [2.75, 3.05) is 18.4 Å². The summed E-state index contributed by atoms with van der Waals surface area (Å²) in [6, 6.07) is 4.62. The molecule has 3 nitrogen and oxygen atoms in total. The molecule has 1 aliphatic heterocycles. The fourth-order valence-electron chi connectivity index (χ4n) is 1.89. The smallest absolute Gasteiger partial charge is 0.0528 e. The van der Waals surface area contributed by atoms with Gasteiger partial charge in [-0.15, -0.1) is 0 Å². The summed E-state index contributed by atoms with van der Waals surface area (Å²) in [6.07, 6.45) is 4.88. The Balaban J connectivity index is 1.96. The lowest BCUT2D eigenvalue weighted by atomic mass is 9.95. The van der Waals surface area contributed by atoms with Crippen molar-refractivity contribution in [2.24, 2.45) is 5.92 Å². The Hall–Kier alpha value is -1.09. The Labute approximate surface area is 84.9 Å². The number of piperidine rings is 1. The summed E-state index contributed by atoms with van der Waals surface area (Å²) in [5.41, 5.74) is 1.13. The molecule has 1 aromatic heterocycles. The Morgan fingerprint density at radius 2 is 2.50 bits per heavy atom. The zero-order valence-electron chi connectivity index (χ0n) is 8.53. The number of pyridine rings is 1. The van der Waals surface area contributed by atoms with Gasteiger partial charge in [0.25, 0.3) is 0 Å². The molecule has 2 heterocycles. The molecule has 1 aromatic rings. The van der Waals surface area contributed by atoms with Gasteiger partial charge in [0.2, 0.25) is 0 Å². The van der Waals surface area contributed by atoms with Crippen LogP contribution in [0.3, 0.4) is 0 Å². The fourth-order valence-corrected chi connectivity index (χ4v) is 1.89. The SMILES string of the molecule is CC1CNCCC1Nc1cccnc1. The molecule has 0 amide bonds. The molecule has 0 bridgehead atoms. The first kappa shape index (κ1) is 9.46. The predicted octanol–water partition coefficient (Wildman–Crippen LogP) is 1.49. The molecular weight excluding hydrogens is 174 g/mol. The number of rotatable bonds is 2. The Morgan fingerprint density at radius 1 is 1.57 bits per heavy atom. The van der Waals surface area contributed by atoms with Crippen molar-refractivity contribution >= 4 is 5.69 Å². The molecule has 0 saturated carbocycles. The molecule has 0 aromatic carbocycles. The van der Waals surface area contributed by atoms with Crippen LogP contribution in [0.2, 0.25) is 0 Å². The van der Waals surface area contributed by atoms with Crippen LogP contribution in [0.15, 0.2) is 24.5 Å². The quantitative estimate of drug-likeness (QED) is 0.743. The lowest BCUT2D eigenvalue weighted by Crippen LogP contribution is -2.42. The number of nitrogens with zero attached hydrogens (tertiary/aromatic N) is 1. The summed E-state index contributed by atoms with van der Waals surface area (Å²) in [7, 11) is 0. The van der Waals surface area contributed by atoms with E-state index in [4.69, 9.17) is 0 Å². The predicted molar refractivity (Wildman–Crippen MR) is 58.3 cm³/mol. The first-order chi connectivity index (χ1) is 6.86. The Bertz CT molecular complexity index is 273. The molecule has 14 heavy (non-hydrogen) atoms. The van der Waals surface area contributed by atoms with Crippen LogP contribution in [0.5, 0.6) is 0 Å². The van der Waals surface area contributed by atoms with Crippen LogP contribution >= 0.6 is 0 Å². The van der Waals surface area contributed by atoms with Crippen LogP contribution in [0.4, 0.5) is 5.69 Å². The fraction of sp³-hybridized carbons (Fsp3) is 0.545. The van der Waals surface area contributed by atoms with Crippen molar-refractivity contribution in [3.05, 3.63) is 24.5 Å². The normalized spacial score (nSPS) is 27.2. The first-order valence-corrected chi connectivity index (χ1v) is 5.23. The van der Waals surface area contributed by atoms with Gasteiger partial charge in [-0.1, -0.05) is 6.92 Å². The maximum atomic E-state index is 4.10. The highest BCUT2D eigenvalue weighted by Gasteiger charge is 2.20. The van der Waals surface area contributed by atoms with Gasteiger partial charge in [-0.05, 0) is 37.6 Å². The van der Waals surface area contributed by atoms with E-state index >= 15 is 0 Å². The van der Waals surface area contributed by atoms with Gasteiger partial charge in [-0.25, -0.2) is 0 Å². The average molecular weight is 191 g/mol. The first-order valence-electron chi connectivity index (χ1n) is 5.23. The van der Waals surface area contributed by atoms with Crippen molar-refractivity contribution in [1.29, 1.82) is 0 Å². The van der Waals surface area contributed by atoms with E-state index in [-0.39, 0.29) is 0 Å². The summed E-state index contributed by atoms with van der Waals surface area (Å²) >= 11 is 0. The molecule has 2 unspecified atom stereocenters. The highest BCUT2D eigenvalue weighted by molar-refractivity contribution is 5.41. The minimum atomic E-state index is 0.584. The average Bonchev–Trinajstić information content (AvgIpc) is 2.23. The summed E-state index contributed by atoms with van der Waals surface area (Å²) in [6.45, 7) is 4.50. The lowest BCUT2D eigenvalue weighted by Gasteiger charge is -2.30. The van der Waals surface area contributed by atoms with Crippen molar-refractivity contribution in [1.82, 2.24) is 10.3 Å². The van der Waals surface area contributed by atoms with E-state index in [1.54, 1.807) is 6.20 Å². The number of anilines is 1. The van der Waals surface area contributed by atoms with E-state index in [1.807, 2.05) is 12.3 Å². The van der Waals surface area contributed by atoms with Gasteiger partial charge in [-0.2, -0.15) is 0 Å². The second-order valence-corrected chi connectivity index (χ2v) is 3.96. The highest BCUT2D eigenvalue weighted by Crippen LogP contribution is 2.16. The number of hydrogen-bond acceptors (Lipinski definition) is 3. The molecule has 0 radical (unpaired) electrons. The number of aromatic nitrogens is 1. The summed E-state index contributed by atoms with van der Waals surface area (Å²) in [5, 5.41) is 6.92. The largest absolute Gasteiger partial charge is 0.381 e. The molecular formula is C11H17N3. The maximum absolute atomic E-state index is 4.10. The molecule has 2 rings (SSSR count). The third kappa shape index (κ3) is 2.23. The molecule has 3 heteroatoms. The molecule has 2 N–H and O–H groups in total. The van der Waals surface area contributed by atoms with Crippen LogP contribution in [-0.2, 0) is 0 Å². The zero-order valence-corrected chi connectivity index (χ0v) is 8.53. The number of hydrogen-bond donors (Lipinski definition) is 2. The van der Waals surface area contributed by atoms with E-state index in [2.05, 4.69) is 28.6 Å². The standard InChI is InChI=1S/C11H17N3/c1-9-7-13-6-4-11(9)14-10-3-2-5-12-8-10/h2-3,5,8-9,11,13-14H,4,6-7H2,1H3. The Morgan fingerprint density at radius 3 is 3.21 bits per heavy atom. The zero-order chi connectivity index (χ0) is 9.80. The molecule has 0 aliphatic carbocycles. The minimum absolute atomic E-state index is 0.584. The minimum Gasteiger partial charge on any atom is -0.381 e.